The zero-order valence-corrected chi connectivity index (χ0v) is 12.7. The van der Waals surface area contributed by atoms with E-state index in [1.807, 2.05) is 0 Å². The zero-order valence-electron chi connectivity index (χ0n) is 11.2. The van der Waals surface area contributed by atoms with Crippen LogP contribution < -0.4 is 5.32 Å². The van der Waals surface area contributed by atoms with Crippen LogP contribution in [-0.2, 0) is 9.59 Å². The quantitative estimate of drug-likeness (QED) is 0.787. The number of carboxylic acids is 1. The first-order chi connectivity index (χ1) is 9.95. The number of benzene rings is 1. The van der Waals surface area contributed by atoms with Crippen LogP contribution in [0.15, 0.2) is 24.3 Å². The Balaban J connectivity index is 1.98. The highest BCUT2D eigenvalue weighted by Crippen LogP contribution is 2.34. The normalized spacial score (nSPS) is 15.9. The van der Waals surface area contributed by atoms with Crippen LogP contribution in [0.3, 0.4) is 0 Å². The molecule has 1 aromatic rings. The van der Waals surface area contributed by atoms with Crippen molar-refractivity contribution in [2.45, 2.75) is 25.3 Å². The number of rotatable bonds is 6. The lowest BCUT2D eigenvalue weighted by molar-refractivity contribution is -0.137. The molecule has 1 aromatic carbocycles. The van der Waals surface area contributed by atoms with Crippen molar-refractivity contribution in [1.29, 1.82) is 0 Å². The Morgan fingerprint density at radius 1 is 1.38 bits per heavy atom. The number of amides is 1. The van der Waals surface area contributed by atoms with Crippen LogP contribution in [0.2, 0.25) is 10.0 Å². The van der Waals surface area contributed by atoms with Crippen molar-refractivity contribution in [2.75, 3.05) is 0 Å². The average molecular weight is 328 g/mol. The molecule has 0 spiro atoms. The maximum absolute atomic E-state index is 11.9. The van der Waals surface area contributed by atoms with Crippen molar-refractivity contribution in [3.8, 4) is 0 Å². The Kier molecular flexibility index (Phi) is 5.26. The van der Waals surface area contributed by atoms with Gasteiger partial charge in [0.2, 0.25) is 5.91 Å². The first kappa shape index (κ1) is 15.9. The monoisotopic (exact) mass is 327 g/mol. The Bertz CT molecular complexity index is 582. The fourth-order valence-corrected chi connectivity index (χ4v) is 2.42. The standard InChI is InChI=1S/C15H15Cl2NO3/c16-11-4-5-12(17)10(7-11)3-6-14(19)18-13(8-15(20)21)9-1-2-9/h3-7,9,13H,1-2,8H2,(H,18,19)(H,20,21)/b6-3+. The third kappa shape index (κ3) is 5.06. The van der Waals surface area contributed by atoms with Crippen molar-refractivity contribution in [1.82, 2.24) is 5.32 Å². The lowest BCUT2D eigenvalue weighted by Gasteiger charge is -2.14. The van der Waals surface area contributed by atoms with Crippen LogP contribution in [0.5, 0.6) is 0 Å². The van der Waals surface area contributed by atoms with Crippen molar-refractivity contribution < 1.29 is 14.7 Å². The topological polar surface area (TPSA) is 66.4 Å². The number of halogens is 2. The summed E-state index contributed by atoms with van der Waals surface area (Å²) in [6, 6.07) is 4.66. The van der Waals surface area contributed by atoms with Gasteiger partial charge in [0, 0.05) is 22.2 Å². The molecule has 0 saturated heterocycles. The minimum Gasteiger partial charge on any atom is -0.481 e. The first-order valence-corrected chi connectivity index (χ1v) is 7.36. The van der Waals surface area contributed by atoms with Gasteiger partial charge in [-0.3, -0.25) is 9.59 Å². The van der Waals surface area contributed by atoms with Gasteiger partial charge < -0.3 is 10.4 Å². The first-order valence-electron chi connectivity index (χ1n) is 6.61. The van der Waals surface area contributed by atoms with Gasteiger partial charge in [0.05, 0.1) is 6.42 Å². The van der Waals surface area contributed by atoms with Crippen LogP contribution in [0.1, 0.15) is 24.8 Å². The molecule has 1 aliphatic rings. The van der Waals surface area contributed by atoms with Gasteiger partial charge in [-0.1, -0.05) is 23.2 Å². The molecule has 0 aliphatic heterocycles. The molecule has 0 heterocycles. The van der Waals surface area contributed by atoms with E-state index >= 15 is 0 Å². The fourth-order valence-electron chi connectivity index (χ4n) is 2.06. The number of aliphatic carboxylic acids is 1. The molecule has 2 rings (SSSR count). The number of carbonyl (C=O) groups is 2. The van der Waals surface area contributed by atoms with Gasteiger partial charge in [0.1, 0.15) is 0 Å². The molecule has 0 bridgehead atoms. The van der Waals surface area contributed by atoms with Crippen molar-refractivity contribution in [3.05, 3.63) is 39.9 Å². The Labute approximate surface area is 132 Å². The predicted molar refractivity (Wildman–Crippen MR) is 82.4 cm³/mol. The van der Waals surface area contributed by atoms with E-state index in [0.29, 0.717) is 15.6 Å². The SMILES string of the molecule is O=C(O)CC(NC(=O)/C=C/c1cc(Cl)ccc1Cl)C1CC1. The summed E-state index contributed by atoms with van der Waals surface area (Å²) in [5, 5.41) is 12.6. The third-order valence-corrected chi connectivity index (χ3v) is 3.86. The maximum atomic E-state index is 11.9. The zero-order chi connectivity index (χ0) is 15.4. The van der Waals surface area contributed by atoms with Crippen LogP contribution in [0, 0.1) is 5.92 Å². The molecule has 4 nitrogen and oxygen atoms in total. The Hall–Kier alpha value is -1.52. The number of carboxylic acid groups (broad SMARTS) is 1. The molecule has 1 unspecified atom stereocenters. The van der Waals surface area contributed by atoms with Gasteiger partial charge in [-0.15, -0.1) is 0 Å². The second-order valence-electron chi connectivity index (χ2n) is 5.05. The molecular weight excluding hydrogens is 313 g/mol. The van der Waals surface area contributed by atoms with Gasteiger partial charge in [0.15, 0.2) is 0 Å². The van der Waals surface area contributed by atoms with Crippen molar-refractivity contribution >= 4 is 41.2 Å². The van der Waals surface area contributed by atoms with E-state index in [0.717, 1.165) is 12.8 Å². The fraction of sp³-hybridized carbons (Fsp3) is 0.333. The summed E-state index contributed by atoms with van der Waals surface area (Å²) in [5.41, 5.74) is 0.639. The van der Waals surface area contributed by atoms with E-state index in [-0.39, 0.29) is 24.3 Å². The van der Waals surface area contributed by atoms with E-state index in [9.17, 15) is 9.59 Å². The van der Waals surface area contributed by atoms with Gasteiger partial charge >= 0.3 is 5.97 Å². The van der Waals surface area contributed by atoms with Gasteiger partial charge in [-0.05, 0) is 48.6 Å². The summed E-state index contributed by atoms with van der Waals surface area (Å²) in [5.74, 6) is -0.966. The maximum Gasteiger partial charge on any atom is 0.305 e. The van der Waals surface area contributed by atoms with E-state index in [4.69, 9.17) is 28.3 Å². The number of hydrogen-bond acceptors (Lipinski definition) is 2. The summed E-state index contributed by atoms with van der Waals surface area (Å²) >= 11 is 11.9. The summed E-state index contributed by atoms with van der Waals surface area (Å²) in [6.07, 6.45) is 4.77. The Morgan fingerprint density at radius 3 is 2.71 bits per heavy atom. The van der Waals surface area contributed by atoms with Crippen molar-refractivity contribution in [3.63, 3.8) is 0 Å². The molecule has 0 radical (unpaired) electrons. The molecule has 112 valence electrons. The smallest absolute Gasteiger partial charge is 0.305 e. The molecule has 1 aliphatic carbocycles. The Morgan fingerprint density at radius 2 is 2.10 bits per heavy atom. The highest BCUT2D eigenvalue weighted by molar-refractivity contribution is 6.34. The predicted octanol–water partition coefficient (Wildman–Crippen LogP) is 3.38. The van der Waals surface area contributed by atoms with Gasteiger partial charge in [-0.2, -0.15) is 0 Å². The second-order valence-corrected chi connectivity index (χ2v) is 5.89. The molecule has 2 N–H and O–H groups in total. The summed E-state index contributed by atoms with van der Waals surface area (Å²) in [7, 11) is 0. The molecule has 1 amide bonds. The van der Waals surface area contributed by atoms with Crippen molar-refractivity contribution in [2.24, 2.45) is 5.92 Å². The molecule has 1 atom stereocenters. The minimum atomic E-state index is -0.908. The third-order valence-electron chi connectivity index (χ3n) is 3.29. The molecule has 21 heavy (non-hydrogen) atoms. The molecule has 0 aromatic heterocycles. The summed E-state index contributed by atoms with van der Waals surface area (Å²) < 4.78 is 0. The van der Waals surface area contributed by atoms with E-state index < -0.39 is 5.97 Å². The largest absolute Gasteiger partial charge is 0.481 e. The number of carbonyl (C=O) groups excluding carboxylic acids is 1. The lowest BCUT2D eigenvalue weighted by Crippen LogP contribution is -2.37. The van der Waals surface area contributed by atoms with E-state index in [2.05, 4.69) is 5.32 Å². The van der Waals surface area contributed by atoms with E-state index in [1.54, 1.807) is 24.3 Å². The summed E-state index contributed by atoms with van der Waals surface area (Å²) in [4.78, 5) is 22.7. The molecular formula is C15H15Cl2NO3. The molecule has 6 heteroatoms. The van der Waals surface area contributed by atoms with Crippen LogP contribution >= 0.6 is 23.2 Å². The molecule has 1 saturated carbocycles. The average Bonchev–Trinajstić information content (AvgIpc) is 3.23. The lowest BCUT2D eigenvalue weighted by atomic mass is 10.1. The number of hydrogen-bond donors (Lipinski definition) is 2. The van der Waals surface area contributed by atoms with Crippen LogP contribution in [-0.4, -0.2) is 23.0 Å². The highest BCUT2D eigenvalue weighted by atomic mass is 35.5. The van der Waals surface area contributed by atoms with E-state index in [1.165, 1.54) is 6.08 Å². The highest BCUT2D eigenvalue weighted by Gasteiger charge is 2.33. The van der Waals surface area contributed by atoms with Crippen LogP contribution in [0.25, 0.3) is 6.08 Å². The van der Waals surface area contributed by atoms with Crippen LogP contribution in [0.4, 0.5) is 0 Å². The molecule has 1 fully saturated rings. The second kappa shape index (κ2) is 6.96. The van der Waals surface area contributed by atoms with Gasteiger partial charge in [-0.25, -0.2) is 0 Å². The van der Waals surface area contributed by atoms with Gasteiger partial charge in [0.25, 0.3) is 0 Å². The minimum absolute atomic E-state index is 0.0534. The number of nitrogens with one attached hydrogen (secondary N) is 1. The summed E-state index contributed by atoms with van der Waals surface area (Å²) in [6.45, 7) is 0.